The zero-order valence-electron chi connectivity index (χ0n) is 15.3. The Morgan fingerprint density at radius 3 is 2.85 bits per heavy atom. The van der Waals surface area contributed by atoms with Crippen molar-refractivity contribution in [2.24, 2.45) is 0 Å². The number of nitrogens with one attached hydrogen (secondary N) is 1. The van der Waals surface area contributed by atoms with Crippen molar-refractivity contribution in [1.82, 2.24) is 30.0 Å². The van der Waals surface area contributed by atoms with Gasteiger partial charge in [0.2, 0.25) is 5.91 Å². The molecule has 1 fully saturated rings. The van der Waals surface area contributed by atoms with Crippen LogP contribution in [-0.4, -0.2) is 43.0 Å². The molecule has 1 atom stereocenters. The molecule has 1 saturated heterocycles. The minimum absolute atomic E-state index is 0.000404. The zero-order valence-corrected chi connectivity index (χ0v) is 15.3. The average molecular weight is 356 g/mol. The molecule has 0 saturated carbocycles. The van der Waals surface area contributed by atoms with E-state index in [1.807, 2.05) is 36.9 Å². The van der Waals surface area contributed by atoms with Gasteiger partial charge >= 0.3 is 0 Å². The van der Waals surface area contributed by atoms with E-state index in [2.05, 4.69) is 20.4 Å². The topological polar surface area (TPSA) is 93.0 Å². The standard InChI is InChI=1S/C18H24N6O2/c1-13(25)20-10-14-6-4-7-15(22-14)16-8-5-9-23(16)17(26)18(2,3)24-12-19-11-21-24/h4,6-7,11-12,16H,5,8-10H2,1-3H3,(H,20,25)/t16-/m1/s1. The second kappa shape index (κ2) is 7.23. The SMILES string of the molecule is CC(=O)NCc1cccc([C@H]2CCCN2C(=O)C(C)(C)n2cncn2)n1. The van der Waals surface area contributed by atoms with Crippen molar-refractivity contribution in [3.63, 3.8) is 0 Å². The fourth-order valence-corrected chi connectivity index (χ4v) is 3.26. The van der Waals surface area contributed by atoms with Crippen molar-refractivity contribution < 1.29 is 9.59 Å². The summed E-state index contributed by atoms with van der Waals surface area (Å²) >= 11 is 0. The van der Waals surface area contributed by atoms with Crippen molar-refractivity contribution in [3.05, 3.63) is 42.2 Å². The summed E-state index contributed by atoms with van der Waals surface area (Å²) in [6.45, 7) is 6.25. The number of carbonyl (C=O) groups excluding carboxylic acids is 2. The summed E-state index contributed by atoms with van der Waals surface area (Å²) in [5, 5.41) is 6.89. The van der Waals surface area contributed by atoms with Gasteiger partial charge in [-0.25, -0.2) is 9.67 Å². The van der Waals surface area contributed by atoms with Crippen LogP contribution >= 0.6 is 0 Å². The van der Waals surface area contributed by atoms with Crippen LogP contribution in [0.5, 0.6) is 0 Å². The number of likely N-dealkylation sites (tertiary alicyclic amines) is 1. The zero-order chi connectivity index (χ0) is 18.7. The quantitative estimate of drug-likeness (QED) is 0.874. The van der Waals surface area contributed by atoms with Gasteiger partial charge in [-0.15, -0.1) is 0 Å². The smallest absolute Gasteiger partial charge is 0.250 e. The molecule has 26 heavy (non-hydrogen) atoms. The maximum atomic E-state index is 13.2. The summed E-state index contributed by atoms with van der Waals surface area (Å²) in [6, 6.07) is 5.67. The van der Waals surface area contributed by atoms with Gasteiger partial charge in [-0.3, -0.25) is 14.6 Å². The Hall–Kier alpha value is -2.77. The molecule has 2 aromatic rings. The largest absolute Gasteiger partial charge is 0.351 e. The van der Waals surface area contributed by atoms with Crippen LogP contribution in [0, 0.1) is 0 Å². The molecule has 3 rings (SSSR count). The number of aromatic nitrogens is 4. The van der Waals surface area contributed by atoms with Gasteiger partial charge < -0.3 is 10.2 Å². The average Bonchev–Trinajstić information content (AvgIpc) is 3.31. The molecule has 2 aromatic heterocycles. The Bertz CT molecular complexity index is 787. The molecule has 0 unspecified atom stereocenters. The van der Waals surface area contributed by atoms with E-state index >= 15 is 0 Å². The second-order valence-electron chi connectivity index (χ2n) is 7.02. The highest BCUT2D eigenvalue weighted by Gasteiger charge is 2.40. The lowest BCUT2D eigenvalue weighted by atomic mass is 10.0. The van der Waals surface area contributed by atoms with Gasteiger partial charge in [0.25, 0.3) is 5.91 Å². The Kier molecular flexibility index (Phi) is 5.01. The van der Waals surface area contributed by atoms with Crippen molar-refractivity contribution in [2.45, 2.75) is 51.7 Å². The van der Waals surface area contributed by atoms with E-state index < -0.39 is 5.54 Å². The minimum Gasteiger partial charge on any atom is -0.351 e. The molecular weight excluding hydrogens is 332 g/mol. The first-order valence-corrected chi connectivity index (χ1v) is 8.76. The van der Waals surface area contributed by atoms with Crippen molar-refractivity contribution in [2.75, 3.05) is 6.54 Å². The van der Waals surface area contributed by atoms with Crippen molar-refractivity contribution in [3.8, 4) is 0 Å². The fourth-order valence-electron chi connectivity index (χ4n) is 3.26. The monoisotopic (exact) mass is 356 g/mol. The molecule has 0 spiro atoms. The molecule has 0 aliphatic carbocycles. The van der Waals surface area contributed by atoms with Gasteiger partial charge in [0.1, 0.15) is 18.2 Å². The predicted octanol–water partition coefficient (Wildman–Crippen LogP) is 1.41. The third kappa shape index (κ3) is 3.58. The summed E-state index contributed by atoms with van der Waals surface area (Å²) in [6.07, 6.45) is 4.80. The highest BCUT2D eigenvalue weighted by molar-refractivity contribution is 5.84. The molecular formula is C18H24N6O2. The molecule has 8 nitrogen and oxygen atoms in total. The van der Waals surface area contributed by atoms with Crippen LogP contribution in [0.4, 0.5) is 0 Å². The number of amides is 2. The highest BCUT2D eigenvalue weighted by atomic mass is 16.2. The van der Waals surface area contributed by atoms with E-state index in [4.69, 9.17) is 0 Å². The second-order valence-corrected chi connectivity index (χ2v) is 7.02. The van der Waals surface area contributed by atoms with Gasteiger partial charge in [0.15, 0.2) is 0 Å². The maximum absolute atomic E-state index is 13.2. The molecule has 2 amide bonds. The number of hydrogen-bond donors (Lipinski definition) is 1. The molecule has 8 heteroatoms. The number of pyridine rings is 1. The molecule has 138 valence electrons. The van der Waals surface area contributed by atoms with Gasteiger partial charge in [0.05, 0.1) is 24.0 Å². The first-order chi connectivity index (χ1) is 12.4. The minimum atomic E-state index is -0.813. The van der Waals surface area contributed by atoms with Gasteiger partial charge in [-0.2, -0.15) is 5.10 Å². The normalized spacial score (nSPS) is 17.3. The van der Waals surface area contributed by atoms with Crippen LogP contribution in [0.3, 0.4) is 0 Å². The van der Waals surface area contributed by atoms with Gasteiger partial charge in [0, 0.05) is 13.5 Å². The number of nitrogens with zero attached hydrogens (tertiary/aromatic N) is 5. The van der Waals surface area contributed by atoms with Crippen LogP contribution in [0.1, 0.15) is 51.0 Å². The Labute approximate surface area is 152 Å². The summed E-state index contributed by atoms with van der Waals surface area (Å²) in [5.41, 5.74) is 0.827. The van der Waals surface area contributed by atoms with E-state index in [1.165, 1.54) is 13.3 Å². The summed E-state index contributed by atoms with van der Waals surface area (Å²) in [4.78, 5) is 34.8. The third-order valence-electron chi connectivity index (χ3n) is 4.72. The van der Waals surface area contributed by atoms with E-state index in [9.17, 15) is 9.59 Å². The first kappa shape index (κ1) is 18.0. The number of carbonyl (C=O) groups is 2. The molecule has 1 aliphatic rings. The molecule has 0 bridgehead atoms. The lowest BCUT2D eigenvalue weighted by Crippen LogP contribution is -2.47. The predicted molar refractivity (Wildman–Crippen MR) is 94.8 cm³/mol. The van der Waals surface area contributed by atoms with E-state index in [0.717, 1.165) is 24.2 Å². The summed E-state index contributed by atoms with van der Waals surface area (Å²) < 4.78 is 1.59. The molecule has 0 aromatic carbocycles. The van der Waals surface area contributed by atoms with Crippen LogP contribution in [0.2, 0.25) is 0 Å². The van der Waals surface area contributed by atoms with Crippen LogP contribution in [0.25, 0.3) is 0 Å². The first-order valence-electron chi connectivity index (χ1n) is 8.76. The Morgan fingerprint density at radius 1 is 1.35 bits per heavy atom. The van der Waals surface area contributed by atoms with Gasteiger partial charge in [-0.05, 0) is 38.8 Å². The molecule has 1 N–H and O–H groups in total. The van der Waals surface area contributed by atoms with E-state index in [1.54, 1.807) is 11.0 Å². The Morgan fingerprint density at radius 2 is 2.15 bits per heavy atom. The Balaban J connectivity index is 1.81. The lowest BCUT2D eigenvalue weighted by molar-refractivity contribution is -0.140. The van der Waals surface area contributed by atoms with Crippen LogP contribution < -0.4 is 5.32 Å². The van der Waals surface area contributed by atoms with Crippen molar-refractivity contribution >= 4 is 11.8 Å². The van der Waals surface area contributed by atoms with E-state index in [0.29, 0.717) is 13.1 Å². The van der Waals surface area contributed by atoms with Gasteiger partial charge in [-0.1, -0.05) is 6.07 Å². The number of hydrogen-bond acceptors (Lipinski definition) is 5. The fraction of sp³-hybridized carbons (Fsp3) is 0.500. The van der Waals surface area contributed by atoms with E-state index in [-0.39, 0.29) is 17.9 Å². The molecule has 0 radical (unpaired) electrons. The summed E-state index contributed by atoms with van der Waals surface area (Å²) in [5.74, 6) is -0.0935. The van der Waals surface area contributed by atoms with Crippen molar-refractivity contribution in [1.29, 1.82) is 0 Å². The molecule has 1 aliphatic heterocycles. The molecule has 3 heterocycles. The summed E-state index contributed by atoms with van der Waals surface area (Å²) in [7, 11) is 0. The van der Waals surface area contributed by atoms with Crippen LogP contribution in [-0.2, 0) is 21.7 Å². The highest BCUT2D eigenvalue weighted by Crippen LogP contribution is 2.34. The third-order valence-corrected chi connectivity index (χ3v) is 4.72. The lowest BCUT2D eigenvalue weighted by Gasteiger charge is -2.33. The maximum Gasteiger partial charge on any atom is 0.250 e. The number of rotatable bonds is 5. The van der Waals surface area contributed by atoms with Crippen LogP contribution in [0.15, 0.2) is 30.9 Å².